The summed E-state index contributed by atoms with van der Waals surface area (Å²) < 4.78 is 0. The third-order valence-electron chi connectivity index (χ3n) is 3.88. The topological polar surface area (TPSA) is 29.3 Å². The van der Waals surface area contributed by atoms with Crippen LogP contribution >= 0.6 is 0 Å². The highest BCUT2D eigenvalue weighted by atomic mass is 15.1. The SMILES string of the molecule is Cc1ccc(N2CCC(N)c3cc(C)ccc32)cc1. The molecule has 19 heavy (non-hydrogen) atoms. The van der Waals surface area contributed by atoms with Crippen molar-refractivity contribution < 1.29 is 0 Å². The standard InChI is InChI=1S/C17H20N2/c1-12-3-6-14(7-4-12)19-10-9-16(18)15-11-13(2)5-8-17(15)19/h3-8,11,16H,9-10,18H2,1-2H3. The van der Waals surface area contributed by atoms with Crippen LogP contribution in [0.5, 0.6) is 0 Å². The summed E-state index contributed by atoms with van der Waals surface area (Å²) in [5.74, 6) is 0. The summed E-state index contributed by atoms with van der Waals surface area (Å²) in [4.78, 5) is 2.37. The first-order chi connectivity index (χ1) is 9.15. The lowest BCUT2D eigenvalue weighted by Gasteiger charge is -2.34. The summed E-state index contributed by atoms with van der Waals surface area (Å²) >= 11 is 0. The van der Waals surface area contributed by atoms with Crippen LogP contribution in [0.1, 0.15) is 29.2 Å². The zero-order chi connectivity index (χ0) is 13.4. The van der Waals surface area contributed by atoms with Gasteiger partial charge in [-0.05, 0) is 44.0 Å². The van der Waals surface area contributed by atoms with Crippen molar-refractivity contribution in [2.45, 2.75) is 26.3 Å². The molecule has 1 unspecified atom stereocenters. The van der Waals surface area contributed by atoms with Crippen molar-refractivity contribution >= 4 is 11.4 Å². The molecule has 0 saturated heterocycles. The summed E-state index contributed by atoms with van der Waals surface area (Å²) in [6.07, 6.45) is 1.00. The maximum absolute atomic E-state index is 6.25. The fourth-order valence-electron chi connectivity index (χ4n) is 2.75. The van der Waals surface area contributed by atoms with Crippen molar-refractivity contribution in [3.63, 3.8) is 0 Å². The summed E-state index contributed by atoms with van der Waals surface area (Å²) in [6, 6.07) is 15.5. The number of aryl methyl sites for hydroxylation is 2. The molecule has 0 saturated carbocycles. The van der Waals surface area contributed by atoms with Gasteiger partial charge < -0.3 is 10.6 Å². The van der Waals surface area contributed by atoms with Gasteiger partial charge in [0.1, 0.15) is 0 Å². The number of hydrogen-bond donors (Lipinski definition) is 1. The van der Waals surface area contributed by atoms with Crippen molar-refractivity contribution in [3.05, 3.63) is 59.2 Å². The van der Waals surface area contributed by atoms with E-state index >= 15 is 0 Å². The highest BCUT2D eigenvalue weighted by Crippen LogP contribution is 2.37. The Morgan fingerprint density at radius 2 is 1.68 bits per heavy atom. The van der Waals surface area contributed by atoms with Gasteiger partial charge in [0.15, 0.2) is 0 Å². The third-order valence-corrected chi connectivity index (χ3v) is 3.88. The molecule has 0 aromatic heterocycles. The van der Waals surface area contributed by atoms with Crippen LogP contribution in [-0.2, 0) is 0 Å². The van der Waals surface area contributed by atoms with Crippen LogP contribution in [0.4, 0.5) is 11.4 Å². The van der Waals surface area contributed by atoms with Crippen LogP contribution in [0, 0.1) is 13.8 Å². The molecule has 98 valence electrons. The number of nitrogens with two attached hydrogens (primary N) is 1. The highest BCUT2D eigenvalue weighted by Gasteiger charge is 2.23. The number of fused-ring (bicyclic) bond motifs is 1. The minimum Gasteiger partial charge on any atom is -0.341 e. The largest absolute Gasteiger partial charge is 0.341 e. The van der Waals surface area contributed by atoms with E-state index in [0.29, 0.717) is 0 Å². The second kappa shape index (κ2) is 4.71. The Kier molecular flexibility index (Phi) is 3.03. The Morgan fingerprint density at radius 3 is 2.42 bits per heavy atom. The van der Waals surface area contributed by atoms with Crippen LogP contribution in [0.3, 0.4) is 0 Å². The fourth-order valence-corrected chi connectivity index (χ4v) is 2.75. The molecule has 3 rings (SSSR count). The molecule has 0 radical (unpaired) electrons. The smallest absolute Gasteiger partial charge is 0.0459 e. The van der Waals surface area contributed by atoms with Gasteiger partial charge in [-0.25, -0.2) is 0 Å². The van der Waals surface area contributed by atoms with Crippen LogP contribution in [0.2, 0.25) is 0 Å². The monoisotopic (exact) mass is 252 g/mol. The Balaban J connectivity index is 2.06. The van der Waals surface area contributed by atoms with Crippen molar-refractivity contribution in [1.29, 1.82) is 0 Å². The Morgan fingerprint density at radius 1 is 1.00 bits per heavy atom. The number of nitrogens with zero attached hydrogens (tertiary/aromatic N) is 1. The molecule has 0 amide bonds. The van der Waals surface area contributed by atoms with Crippen molar-refractivity contribution in [2.24, 2.45) is 5.73 Å². The zero-order valence-electron chi connectivity index (χ0n) is 11.6. The van der Waals surface area contributed by atoms with Crippen molar-refractivity contribution in [2.75, 3.05) is 11.4 Å². The van der Waals surface area contributed by atoms with Crippen molar-refractivity contribution in [3.8, 4) is 0 Å². The van der Waals surface area contributed by atoms with Crippen LogP contribution in [0.15, 0.2) is 42.5 Å². The molecule has 1 aliphatic rings. The molecule has 0 spiro atoms. The lowest BCUT2D eigenvalue weighted by molar-refractivity contribution is 0.624. The lowest BCUT2D eigenvalue weighted by atomic mass is 9.95. The number of rotatable bonds is 1. The van der Waals surface area contributed by atoms with Crippen molar-refractivity contribution in [1.82, 2.24) is 0 Å². The summed E-state index contributed by atoms with van der Waals surface area (Å²) in [7, 11) is 0. The molecule has 1 aliphatic heterocycles. The van der Waals surface area contributed by atoms with E-state index in [-0.39, 0.29) is 6.04 Å². The molecule has 2 aromatic carbocycles. The van der Waals surface area contributed by atoms with E-state index < -0.39 is 0 Å². The van der Waals surface area contributed by atoms with Crippen LogP contribution in [0.25, 0.3) is 0 Å². The molecule has 2 heteroatoms. The van der Waals surface area contributed by atoms with E-state index in [1.54, 1.807) is 0 Å². The molecule has 1 heterocycles. The first-order valence-electron chi connectivity index (χ1n) is 6.85. The molecule has 1 atom stereocenters. The van der Waals surface area contributed by atoms with Crippen LogP contribution < -0.4 is 10.6 Å². The van der Waals surface area contributed by atoms with Gasteiger partial charge in [0.25, 0.3) is 0 Å². The normalized spacial score (nSPS) is 18.3. The molecule has 2 aromatic rings. The van der Waals surface area contributed by atoms with Gasteiger partial charge in [-0.2, -0.15) is 0 Å². The Labute approximate surface area is 114 Å². The van der Waals surface area contributed by atoms with Gasteiger partial charge in [0, 0.05) is 24.0 Å². The van der Waals surface area contributed by atoms with Gasteiger partial charge >= 0.3 is 0 Å². The van der Waals surface area contributed by atoms with Gasteiger partial charge in [-0.1, -0.05) is 35.4 Å². The second-order valence-electron chi connectivity index (χ2n) is 5.44. The average Bonchev–Trinajstić information content (AvgIpc) is 2.41. The van der Waals surface area contributed by atoms with Gasteiger partial charge in [0.2, 0.25) is 0 Å². The van der Waals surface area contributed by atoms with E-state index in [4.69, 9.17) is 5.73 Å². The van der Waals surface area contributed by atoms with Gasteiger partial charge in [0.05, 0.1) is 0 Å². The molecular weight excluding hydrogens is 232 g/mol. The Hall–Kier alpha value is -1.80. The van der Waals surface area contributed by atoms with Gasteiger partial charge in [-0.3, -0.25) is 0 Å². The van der Waals surface area contributed by atoms with E-state index in [1.807, 2.05) is 0 Å². The lowest BCUT2D eigenvalue weighted by Crippen LogP contribution is -2.30. The summed E-state index contributed by atoms with van der Waals surface area (Å²) in [6.45, 7) is 5.23. The first-order valence-corrected chi connectivity index (χ1v) is 6.85. The number of hydrogen-bond acceptors (Lipinski definition) is 2. The fraction of sp³-hybridized carbons (Fsp3) is 0.294. The average molecular weight is 252 g/mol. The summed E-state index contributed by atoms with van der Waals surface area (Å²) in [5.41, 5.74) is 12.6. The van der Waals surface area contributed by atoms with E-state index in [2.05, 4.69) is 61.2 Å². The van der Waals surface area contributed by atoms with E-state index in [0.717, 1.165) is 13.0 Å². The maximum atomic E-state index is 6.25. The van der Waals surface area contributed by atoms with Gasteiger partial charge in [-0.15, -0.1) is 0 Å². The predicted octanol–water partition coefficient (Wildman–Crippen LogP) is 3.85. The zero-order valence-corrected chi connectivity index (χ0v) is 11.6. The number of benzene rings is 2. The maximum Gasteiger partial charge on any atom is 0.0459 e. The molecule has 0 bridgehead atoms. The van der Waals surface area contributed by atoms with E-state index in [1.165, 1.54) is 28.1 Å². The third kappa shape index (κ3) is 2.24. The molecule has 0 aliphatic carbocycles. The summed E-state index contributed by atoms with van der Waals surface area (Å²) in [5, 5.41) is 0. The minimum atomic E-state index is 0.164. The molecule has 0 fully saturated rings. The van der Waals surface area contributed by atoms with E-state index in [9.17, 15) is 0 Å². The number of anilines is 2. The minimum absolute atomic E-state index is 0.164. The quantitative estimate of drug-likeness (QED) is 0.835. The molecule has 2 N–H and O–H groups in total. The first kappa shape index (κ1) is 12.2. The molecule has 2 nitrogen and oxygen atoms in total. The second-order valence-corrected chi connectivity index (χ2v) is 5.44. The highest BCUT2D eigenvalue weighted by molar-refractivity contribution is 5.69. The molecular formula is C17H20N2. The Bertz CT molecular complexity index is 587. The predicted molar refractivity (Wildman–Crippen MR) is 80.9 cm³/mol. The van der Waals surface area contributed by atoms with Crippen LogP contribution in [-0.4, -0.2) is 6.54 Å².